The highest BCUT2D eigenvalue weighted by Gasteiger charge is 2.13. The number of pyridine rings is 1. The number of nitrogens with one attached hydrogen (secondary N) is 2. The summed E-state index contributed by atoms with van der Waals surface area (Å²) >= 11 is 6.27. The van der Waals surface area contributed by atoms with Crippen molar-refractivity contribution in [3.8, 4) is 11.5 Å². The summed E-state index contributed by atoms with van der Waals surface area (Å²) in [6.07, 6.45) is 1.75. The van der Waals surface area contributed by atoms with E-state index in [1.54, 1.807) is 20.4 Å². The van der Waals surface area contributed by atoms with Crippen LogP contribution in [0.5, 0.6) is 11.5 Å². The van der Waals surface area contributed by atoms with Gasteiger partial charge in [0.2, 0.25) is 5.95 Å². The van der Waals surface area contributed by atoms with Gasteiger partial charge in [0.1, 0.15) is 11.3 Å². The zero-order valence-electron chi connectivity index (χ0n) is 16.9. The lowest BCUT2D eigenvalue weighted by atomic mass is 10.2. The van der Waals surface area contributed by atoms with Crippen molar-refractivity contribution in [3.05, 3.63) is 65.3 Å². The van der Waals surface area contributed by atoms with Crippen LogP contribution in [-0.4, -0.2) is 35.8 Å². The molecule has 2 N–H and O–H groups in total. The largest absolute Gasteiger partial charge is 0.493 e. The van der Waals surface area contributed by atoms with Gasteiger partial charge in [-0.2, -0.15) is 0 Å². The molecule has 0 aliphatic carbocycles. The van der Waals surface area contributed by atoms with Gasteiger partial charge in [-0.3, -0.25) is 0 Å². The molecule has 4 aromatic rings. The fourth-order valence-electron chi connectivity index (χ4n) is 3.31. The number of halogens is 1. The summed E-state index contributed by atoms with van der Waals surface area (Å²) in [5.41, 5.74) is 3.59. The molecule has 0 saturated heterocycles. The molecule has 154 valence electrons. The van der Waals surface area contributed by atoms with Crippen LogP contribution in [-0.2, 0) is 6.54 Å². The van der Waals surface area contributed by atoms with Crippen LogP contribution < -0.4 is 20.1 Å². The highest BCUT2D eigenvalue weighted by molar-refractivity contribution is 6.33. The van der Waals surface area contributed by atoms with Crippen LogP contribution in [0.2, 0.25) is 5.02 Å². The van der Waals surface area contributed by atoms with Gasteiger partial charge in [-0.15, -0.1) is 0 Å². The average molecular weight is 424 g/mol. The summed E-state index contributed by atoms with van der Waals surface area (Å²) in [7, 11) is 5.11. The number of anilines is 3. The number of aromatic nitrogens is 3. The van der Waals surface area contributed by atoms with Crippen molar-refractivity contribution in [1.29, 1.82) is 0 Å². The first kappa shape index (κ1) is 19.8. The van der Waals surface area contributed by atoms with E-state index in [0.29, 0.717) is 28.9 Å². The third kappa shape index (κ3) is 3.84. The molecule has 30 heavy (non-hydrogen) atoms. The number of methoxy groups -OCH3 is 2. The van der Waals surface area contributed by atoms with E-state index in [0.717, 1.165) is 28.2 Å². The van der Waals surface area contributed by atoms with Crippen molar-refractivity contribution >= 4 is 40.1 Å². The average Bonchev–Trinajstić information content (AvgIpc) is 3.12. The van der Waals surface area contributed by atoms with E-state index in [-0.39, 0.29) is 0 Å². The fraction of sp³-hybridized carbons (Fsp3) is 0.182. The Morgan fingerprint density at radius 3 is 2.57 bits per heavy atom. The first-order chi connectivity index (χ1) is 14.6. The fourth-order valence-corrected chi connectivity index (χ4v) is 3.49. The Morgan fingerprint density at radius 2 is 1.83 bits per heavy atom. The predicted octanol–water partition coefficient (Wildman–Crippen LogP) is 4.94. The van der Waals surface area contributed by atoms with Gasteiger partial charge in [0, 0.05) is 13.1 Å². The number of imidazole rings is 1. The molecule has 4 rings (SSSR count). The molecule has 0 aliphatic heterocycles. The van der Waals surface area contributed by atoms with Crippen molar-refractivity contribution in [1.82, 2.24) is 14.5 Å². The van der Waals surface area contributed by atoms with Crippen molar-refractivity contribution in [2.24, 2.45) is 0 Å². The molecule has 0 spiro atoms. The molecule has 0 aliphatic rings. The van der Waals surface area contributed by atoms with Gasteiger partial charge in [-0.25, -0.2) is 9.97 Å². The Labute approximate surface area is 179 Å². The van der Waals surface area contributed by atoms with Crippen molar-refractivity contribution in [2.75, 3.05) is 31.9 Å². The van der Waals surface area contributed by atoms with Crippen LogP contribution in [0, 0.1) is 0 Å². The number of benzene rings is 2. The molecule has 2 aromatic carbocycles. The molecule has 0 atom stereocenters. The molecule has 2 aromatic heterocycles. The maximum absolute atomic E-state index is 6.27. The summed E-state index contributed by atoms with van der Waals surface area (Å²) in [5.74, 6) is 2.82. The molecule has 2 heterocycles. The van der Waals surface area contributed by atoms with Crippen LogP contribution in [0.25, 0.3) is 11.0 Å². The van der Waals surface area contributed by atoms with E-state index in [2.05, 4.69) is 25.2 Å². The molecular weight excluding hydrogens is 402 g/mol. The lowest BCUT2D eigenvalue weighted by Crippen LogP contribution is -2.05. The van der Waals surface area contributed by atoms with Gasteiger partial charge in [-0.1, -0.05) is 29.8 Å². The topological polar surface area (TPSA) is 73.2 Å². The molecule has 0 saturated carbocycles. The smallest absolute Gasteiger partial charge is 0.203 e. The molecule has 0 fully saturated rings. The highest BCUT2D eigenvalue weighted by Crippen LogP contribution is 2.30. The van der Waals surface area contributed by atoms with E-state index in [9.17, 15) is 0 Å². The second-order valence-electron chi connectivity index (χ2n) is 6.62. The highest BCUT2D eigenvalue weighted by atomic mass is 35.5. The number of hydrogen-bond donors (Lipinski definition) is 2. The molecule has 0 bridgehead atoms. The summed E-state index contributed by atoms with van der Waals surface area (Å²) in [6, 6.07) is 15.4. The maximum atomic E-state index is 6.27. The van der Waals surface area contributed by atoms with Gasteiger partial charge in [0.15, 0.2) is 11.5 Å². The van der Waals surface area contributed by atoms with Gasteiger partial charge in [-0.05, 0) is 29.8 Å². The van der Waals surface area contributed by atoms with E-state index < -0.39 is 0 Å². The molecule has 0 amide bonds. The van der Waals surface area contributed by atoms with Crippen LogP contribution >= 0.6 is 11.6 Å². The lowest BCUT2D eigenvalue weighted by Gasteiger charge is -2.13. The zero-order valence-corrected chi connectivity index (χ0v) is 17.7. The Balaban J connectivity index is 1.72. The number of ether oxygens (including phenoxy) is 2. The minimum atomic E-state index is 0.600. The summed E-state index contributed by atoms with van der Waals surface area (Å²) in [4.78, 5) is 9.13. The number of rotatable bonds is 7. The van der Waals surface area contributed by atoms with Crippen molar-refractivity contribution in [2.45, 2.75) is 6.54 Å². The maximum Gasteiger partial charge on any atom is 0.203 e. The summed E-state index contributed by atoms with van der Waals surface area (Å²) in [5, 5.41) is 7.07. The Hall–Kier alpha value is -3.45. The van der Waals surface area contributed by atoms with Gasteiger partial charge in [0.25, 0.3) is 0 Å². The van der Waals surface area contributed by atoms with Gasteiger partial charge >= 0.3 is 0 Å². The monoisotopic (exact) mass is 423 g/mol. The first-order valence-corrected chi connectivity index (χ1v) is 9.77. The van der Waals surface area contributed by atoms with E-state index in [4.69, 9.17) is 21.1 Å². The van der Waals surface area contributed by atoms with Crippen LogP contribution in [0.1, 0.15) is 5.56 Å². The SMILES string of the molecule is CNc1nc2cnc(Nc3ccccc3Cl)cc2n1Cc1ccc(OC)c(OC)c1. The van der Waals surface area contributed by atoms with Crippen molar-refractivity contribution < 1.29 is 9.47 Å². The number of fused-ring (bicyclic) bond motifs is 1. The second kappa shape index (κ2) is 8.51. The number of nitrogens with zero attached hydrogens (tertiary/aromatic N) is 3. The summed E-state index contributed by atoms with van der Waals surface area (Å²) < 4.78 is 12.9. The Bertz CT molecular complexity index is 1190. The predicted molar refractivity (Wildman–Crippen MR) is 120 cm³/mol. The van der Waals surface area contributed by atoms with E-state index in [1.165, 1.54) is 0 Å². The number of hydrogen-bond acceptors (Lipinski definition) is 6. The van der Waals surface area contributed by atoms with Crippen LogP contribution in [0.15, 0.2) is 54.7 Å². The molecule has 0 unspecified atom stereocenters. The molecular formula is C22H22ClN5O2. The quantitative estimate of drug-likeness (QED) is 0.439. The third-order valence-electron chi connectivity index (χ3n) is 4.78. The van der Waals surface area contributed by atoms with Crippen LogP contribution in [0.3, 0.4) is 0 Å². The first-order valence-electron chi connectivity index (χ1n) is 9.39. The Kier molecular flexibility index (Phi) is 5.63. The Morgan fingerprint density at radius 1 is 1.03 bits per heavy atom. The van der Waals surface area contributed by atoms with Crippen LogP contribution in [0.4, 0.5) is 17.5 Å². The lowest BCUT2D eigenvalue weighted by molar-refractivity contribution is 0.354. The molecule has 0 radical (unpaired) electrons. The third-order valence-corrected chi connectivity index (χ3v) is 5.11. The zero-order chi connectivity index (χ0) is 21.1. The second-order valence-corrected chi connectivity index (χ2v) is 7.03. The minimum Gasteiger partial charge on any atom is -0.493 e. The molecule has 7 nitrogen and oxygen atoms in total. The van der Waals surface area contributed by atoms with Crippen molar-refractivity contribution in [3.63, 3.8) is 0 Å². The van der Waals surface area contributed by atoms with E-state index in [1.807, 2.05) is 55.6 Å². The van der Waals surface area contributed by atoms with Gasteiger partial charge in [0.05, 0.1) is 43.2 Å². The van der Waals surface area contributed by atoms with Gasteiger partial charge < -0.3 is 24.7 Å². The van der Waals surface area contributed by atoms with E-state index >= 15 is 0 Å². The molecule has 8 heteroatoms. The summed E-state index contributed by atoms with van der Waals surface area (Å²) in [6.45, 7) is 0.600. The standard InChI is InChI=1S/C22H22ClN5O2/c1-24-22-27-17-12-25-21(26-16-7-5-4-6-15(16)23)11-18(17)28(22)13-14-8-9-19(29-2)20(10-14)30-3/h4-12H,13H2,1-3H3,(H,24,27)(H,25,26). The number of para-hydroxylation sites is 1. The minimum absolute atomic E-state index is 0.600. The normalized spacial score (nSPS) is 10.8.